The van der Waals surface area contributed by atoms with E-state index in [1.807, 2.05) is 12.1 Å². The lowest BCUT2D eigenvalue weighted by atomic mass is 9.80. The van der Waals surface area contributed by atoms with Gasteiger partial charge >= 0.3 is 0 Å². The maximum absolute atomic E-state index is 5.47. The van der Waals surface area contributed by atoms with Crippen LogP contribution in [0, 0.1) is 0 Å². The van der Waals surface area contributed by atoms with Crippen molar-refractivity contribution in [1.29, 1.82) is 0 Å². The van der Waals surface area contributed by atoms with Crippen molar-refractivity contribution in [2.75, 3.05) is 13.7 Å². The van der Waals surface area contributed by atoms with Gasteiger partial charge in [-0.25, -0.2) is 0 Å². The molecule has 0 amide bonds. The lowest BCUT2D eigenvalue weighted by molar-refractivity contribution is 0.196. The minimum atomic E-state index is 0.0282. The summed E-state index contributed by atoms with van der Waals surface area (Å²) in [7, 11) is 1.73. The van der Waals surface area contributed by atoms with Gasteiger partial charge in [-0.2, -0.15) is 0 Å². The fourth-order valence-corrected chi connectivity index (χ4v) is 3.54. The van der Waals surface area contributed by atoms with Crippen LogP contribution in [0.3, 0.4) is 0 Å². The summed E-state index contributed by atoms with van der Waals surface area (Å²) in [5.74, 6) is 0.948. The van der Waals surface area contributed by atoms with Gasteiger partial charge in [-0.3, -0.25) is 0 Å². The molecule has 0 aliphatic carbocycles. The zero-order valence-electron chi connectivity index (χ0n) is 14.0. The average Bonchev–Trinajstić information content (AvgIpc) is 2.61. The molecule has 0 spiro atoms. The topological polar surface area (TPSA) is 33.3 Å². The Morgan fingerprint density at radius 1 is 1.13 bits per heavy atom. The quantitative estimate of drug-likeness (QED) is 0.884. The number of benzene rings is 2. The number of methoxy groups -OCH3 is 1. The monoisotopic (exact) mass is 310 g/mol. The van der Waals surface area contributed by atoms with Crippen LogP contribution in [0.4, 0.5) is 0 Å². The standard InChI is InChI=1S/C20H26N2O/c1-20(22-15-17-11-6-7-12-18(17)23-2)13-8-14-21-19(20)16-9-4-3-5-10-16/h3-7,9-12,19,21-22H,8,13-15H2,1-2H3/t19-,20-/m1/s1. The van der Waals surface area contributed by atoms with Gasteiger partial charge in [0.25, 0.3) is 0 Å². The van der Waals surface area contributed by atoms with Crippen molar-refractivity contribution in [2.45, 2.75) is 37.9 Å². The van der Waals surface area contributed by atoms with Crippen LogP contribution in [-0.4, -0.2) is 19.2 Å². The molecule has 2 aromatic carbocycles. The van der Waals surface area contributed by atoms with Crippen LogP contribution in [0.2, 0.25) is 0 Å². The first-order valence-electron chi connectivity index (χ1n) is 8.38. The molecule has 0 radical (unpaired) electrons. The van der Waals surface area contributed by atoms with Gasteiger partial charge in [0.2, 0.25) is 0 Å². The first-order chi connectivity index (χ1) is 11.2. The van der Waals surface area contributed by atoms with Gasteiger partial charge in [0, 0.05) is 17.6 Å². The average molecular weight is 310 g/mol. The van der Waals surface area contributed by atoms with E-state index in [4.69, 9.17) is 4.74 Å². The van der Waals surface area contributed by atoms with Gasteiger partial charge < -0.3 is 15.4 Å². The minimum Gasteiger partial charge on any atom is -0.496 e. The zero-order valence-corrected chi connectivity index (χ0v) is 14.0. The number of piperidine rings is 1. The Balaban J connectivity index is 1.78. The van der Waals surface area contributed by atoms with Gasteiger partial charge in [0.1, 0.15) is 5.75 Å². The molecule has 1 aliphatic rings. The van der Waals surface area contributed by atoms with E-state index in [0.29, 0.717) is 6.04 Å². The molecule has 0 bridgehead atoms. The van der Waals surface area contributed by atoms with E-state index in [1.54, 1.807) is 7.11 Å². The van der Waals surface area contributed by atoms with Crippen molar-refractivity contribution in [2.24, 2.45) is 0 Å². The Morgan fingerprint density at radius 2 is 1.87 bits per heavy atom. The summed E-state index contributed by atoms with van der Waals surface area (Å²) >= 11 is 0. The third-order valence-corrected chi connectivity index (χ3v) is 4.87. The molecule has 122 valence electrons. The fraction of sp³-hybridized carbons (Fsp3) is 0.400. The molecule has 3 nitrogen and oxygen atoms in total. The number of rotatable bonds is 5. The zero-order chi connectivity index (χ0) is 16.1. The van der Waals surface area contributed by atoms with E-state index < -0.39 is 0 Å². The molecule has 3 rings (SSSR count). The summed E-state index contributed by atoms with van der Waals surface area (Å²) < 4.78 is 5.47. The summed E-state index contributed by atoms with van der Waals surface area (Å²) in [5.41, 5.74) is 2.58. The molecule has 1 aliphatic heterocycles. The molecule has 0 unspecified atom stereocenters. The summed E-state index contributed by atoms with van der Waals surface area (Å²) in [5, 5.41) is 7.49. The molecule has 1 saturated heterocycles. The van der Waals surface area contributed by atoms with Crippen LogP contribution >= 0.6 is 0 Å². The molecule has 1 heterocycles. The number of hydrogen-bond acceptors (Lipinski definition) is 3. The predicted octanol–water partition coefficient (Wildman–Crippen LogP) is 3.67. The number of ether oxygens (including phenoxy) is 1. The highest BCUT2D eigenvalue weighted by atomic mass is 16.5. The first-order valence-corrected chi connectivity index (χ1v) is 8.38. The summed E-state index contributed by atoms with van der Waals surface area (Å²) in [4.78, 5) is 0. The molecule has 0 saturated carbocycles. The van der Waals surface area contributed by atoms with E-state index in [1.165, 1.54) is 17.5 Å². The molecule has 1 fully saturated rings. The maximum Gasteiger partial charge on any atom is 0.123 e. The van der Waals surface area contributed by atoms with Crippen LogP contribution < -0.4 is 15.4 Å². The van der Waals surface area contributed by atoms with Crippen LogP contribution in [0.15, 0.2) is 54.6 Å². The fourth-order valence-electron chi connectivity index (χ4n) is 3.54. The van der Waals surface area contributed by atoms with Crippen LogP contribution in [0.25, 0.3) is 0 Å². The Kier molecular flexibility index (Phi) is 4.99. The molecule has 23 heavy (non-hydrogen) atoms. The lowest BCUT2D eigenvalue weighted by Gasteiger charge is -2.43. The molecule has 2 atom stereocenters. The van der Waals surface area contributed by atoms with Crippen molar-refractivity contribution in [3.8, 4) is 5.75 Å². The largest absolute Gasteiger partial charge is 0.496 e. The number of hydrogen-bond donors (Lipinski definition) is 2. The van der Waals surface area contributed by atoms with Crippen molar-refractivity contribution < 1.29 is 4.74 Å². The highest BCUT2D eigenvalue weighted by Gasteiger charge is 2.36. The highest BCUT2D eigenvalue weighted by Crippen LogP contribution is 2.33. The van der Waals surface area contributed by atoms with Crippen molar-refractivity contribution in [1.82, 2.24) is 10.6 Å². The molecule has 2 N–H and O–H groups in total. The van der Waals surface area contributed by atoms with Gasteiger partial charge in [-0.1, -0.05) is 48.5 Å². The van der Waals surface area contributed by atoms with Crippen molar-refractivity contribution in [3.63, 3.8) is 0 Å². The second kappa shape index (κ2) is 7.16. The third kappa shape index (κ3) is 3.57. The molecule has 3 heteroatoms. The van der Waals surface area contributed by atoms with Gasteiger partial charge in [0.15, 0.2) is 0 Å². The molecule has 2 aromatic rings. The second-order valence-electron chi connectivity index (χ2n) is 6.48. The van der Waals surface area contributed by atoms with E-state index in [0.717, 1.165) is 25.3 Å². The summed E-state index contributed by atoms with van der Waals surface area (Å²) in [6.07, 6.45) is 2.35. The number of para-hydroxylation sites is 1. The Labute approximate surface area is 139 Å². The molecular weight excluding hydrogens is 284 g/mol. The third-order valence-electron chi connectivity index (χ3n) is 4.87. The van der Waals surface area contributed by atoms with E-state index in [-0.39, 0.29) is 5.54 Å². The smallest absolute Gasteiger partial charge is 0.123 e. The summed E-state index contributed by atoms with van der Waals surface area (Å²) in [6.45, 7) is 4.21. The van der Waals surface area contributed by atoms with Crippen molar-refractivity contribution >= 4 is 0 Å². The highest BCUT2D eigenvalue weighted by molar-refractivity contribution is 5.33. The maximum atomic E-state index is 5.47. The van der Waals surface area contributed by atoms with Gasteiger partial charge in [-0.15, -0.1) is 0 Å². The van der Waals surface area contributed by atoms with E-state index in [9.17, 15) is 0 Å². The van der Waals surface area contributed by atoms with E-state index in [2.05, 4.69) is 60.0 Å². The summed E-state index contributed by atoms with van der Waals surface area (Å²) in [6, 6.07) is 19.3. The predicted molar refractivity (Wildman–Crippen MR) is 94.7 cm³/mol. The van der Waals surface area contributed by atoms with Crippen LogP contribution in [0.5, 0.6) is 5.75 Å². The normalized spacial score (nSPS) is 24.3. The molecular formula is C20H26N2O. The SMILES string of the molecule is COc1ccccc1CN[C@]1(C)CCCN[C@@H]1c1ccccc1. The minimum absolute atomic E-state index is 0.0282. The second-order valence-corrected chi connectivity index (χ2v) is 6.48. The van der Waals surface area contributed by atoms with Gasteiger partial charge in [0.05, 0.1) is 13.2 Å². The first kappa shape index (κ1) is 16.0. The van der Waals surface area contributed by atoms with E-state index >= 15 is 0 Å². The van der Waals surface area contributed by atoms with Crippen LogP contribution in [-0.2, 0) is 6.54 Å². The Morgan fingerprint density at radius 3 is 2.65 bits per heavy atom. The Bertz CT molecular complexity index is 629. The number of nitrogens with one attached hydrogen (secondary N) is 2. The lowest BCUT2D eigenvalue weighted by Crippen LogP contribution is -2.55. The van der Waals surface area contributed by atoms with Crippen LogP contribution in [0.1, 0.15) is 36.9 Å². The Hall–Kier alpha value is -1.84. The van der Waals surface area contributed by atoms with Crippen molar-refractivity contribution in [3.05, 3.63) is 65.7 Å². The van der Waals surface area contributed by atoms with Gasteiger partial charge in [-0.05, 0) is 37.9 Å². The molecule has 0 aromatic heterocycles.